The van der Waals surface area contributed by atoms with E-state index < -0.39 is 0 Å². The van der Waals surface area contributed by atoms with Gasteiger partial charge in [0.05, 0.1) is 16.9 Å². The van der Waals surface area contributed by atoms with E-state index in [1.165, 1.54) is 11.8 Å². The highest BCUT2D eigenvalue weighted by Gasteiger charge is 2.31. The van der Waals surface area contributed by atoms with Crippen LogP contribution in [-0.2, 0) is 4.79 Å². The van der Waals surface area contributed by atoms with Crippen LogP contribution in [0.5, 0.6) is 0 Å². The number of nitriles is 1. The second-order valence-corrected chi connectivity index (χ2v) is 7.89. The second kappa shape index (κ2) is 7.82. The Bertz CT molecular complexity index is 1020. The van der Waals surface area contributed by atoms with E-state index in [0.29, 0.717) is 17.3 Å². The number of rotatable bonds is 6. The van der Waals surface area contributed by atoms with Crippen LogP contribution in [0, 0.1) is 11.3 Å². The van der Waals surface area contributed by atoms with Crippen molar-refractivity contribution in [1.82, 2.24) is 19.7 Å². The Hall–Kier alpha value is -3.18. The third-order valence-corrected chi connectivity index (χ3v) is 5.50. The normalized spacial score (nSPS) is 14.3. The zero-order valence-electron chi connectivity index (χ0n) is 15.2. The molecule has 1 aromatic carbocycles. The molecule has 8 heteroatoms. The van der Waals surface area contributed by atoms with Crippen molar-refractivity contribution in [2.24, 2.45) is 0 Å². The van der Waals surface area contributed by atoms with Crippen LogP contribution < -0.4 is 5.32 Å². The van der Waals surface area contributed by atoms with Gasteiger partial charge in [-0.2, -0.15) is 5.26 Å². The minimum absolute atomic E-state index is 0.120. The molecule has 4 rings (SSSR count). The molecule has 1 amide bonds. The highest BCUT2D eigenvalue weighted by molar-refractivity contribution is 8.00. The van der Waals surface area contributed by atoms with Crippen LogP contribution in [0.1, 0.15) is 31.4 Å². The Labute approximate surface area is 166 Å². The molecule has 1 aliphatic rings. The summed E-state index contributed by atoms with van der Waals surface area (Å²) in [5.41, 5.74) is 2.19. The fraction of sp³-hybridized carbons (Fsp3) is 0.250. The van der Waals surface area contributed by atoms with E-state index in [9.17, 15) is 4.79 Å². The molecule has 0 bridgehead atoms. The molecule has 0 saturated heterocycles. The topological polar surface area (TPSA) is 96.5 Å². The molecular weight excluding hydrogens is 372 g/mol. The molecule has 140 valence electrons. The molecule has 0 aliphatic heterocycles. The Morgan fingerprint density at radius 1 is 1.21 bits per heavy atom. The van der Waals surface area contributed by atoms with Gasteiger partial charge < -0.3 is 5.32 Å². The number of aromatic nitrogens is 4. The van der Waals surface area contributed by atoms with Crippen LogP contribution in [0.4, 0.5) is 5.69 Å². The first-order valence-electron chi connectivity index (χ1n) is 8.98. The lowest BCUT2D eigenvalue weighted by atomic mass is 10.2. The first-order valence-corrected chi connectivity index (χ1v) is 9.86. The number of hydrogen-bond donors (Lipinski definition) is 1. The number of thioether (sulfide) groups is 1. The first kappa shape index (κ1) is 18.2. The Morgan fingerprint density at radius 2 is 1.93 bits per heavy atom. The van der Waals surface area contributed by atoms with Crippen molar-refractivity contribution in [1.29, 1.82) is 5.26 Å². The number of benzene rings is 1. The van der Waals surface area contributed by atoms with Gasteiger partial charge >= 0.3 is 0 Å². The van der Waals surface area contributed by atoms with Crippen molar-refractivity contribution in [3.8, 4) is 17.5 Å². The Balaban J connectivity index is 1.49. The molecule has 28 heavy (non-hydrogen) atoms. The summed E-state index contributed by atoms with van der Waals surface area (Å²) >= 11 is 1.40. The van der Waals surface area contributed by atoms with E-state index in [-0.39, 0.29) is 11.2 Å². The van der Waals surface area contributed by atoms with Gasteiger partial charge in [-0.15, -0.1) is 10.2 Å². The van der Waals surface area contributed by atoms with E-state index in [1.54, 1.807) is 36.7 Å². The van der Waals surface area contributed by atoms with Crippen molar-refractivity contribution < 1.29 is 4.79 Å². The molecule has 3 aromatic rings. The van der Waals surface area contributed by atoms with Gasteiger partial charge in [0.25, 0.3) is 0 Å². The molecule has 2 heterocycles. The SMILES string of the molecule is C[C@@H](Sc1nnc(-c2ccncc2)n1C1CC1)C(=O)Nc1ccc(C#N)cc1. The summed E-state index contributed by atoms with van der Waals surface area (Å²) < 4.78 is 2.13. The third-order valence-electron chi connectivity index (χ3n) is 4.45. The molecule has 1 saturated carbocycles. The van der Waals surface area contributed by atoms with Gasteiger partial charge in [0.1, 0.15) is 0 Å². The third kappa shape index (κ3) is 3.89. The zero-order chi connectivity index (χ0) is 19.5. The first-order chi connectivity index (χ1) is 13.7. The second-order valence-electron chi connectivity index (χ2n) is 6.58. The summed E-state index contributed by atoms with van der Waals surface area (Å²) in [4.78, 5) is 16.6. The molecule has 1 fully saturated rings. The number of carbonyl (C=O) groups is 1. The average molecular weight is 390 g/mol. The van der Waals surface area contributed by atoms with Gasteiger partial charge in [-0.1, -0.05) is 11.8 Å². The van der Waals surface area contributed by atoms with E-state index in [0.717, 1.165) is 29.4 Å². The Morgan fingerprint density at radius 3 is 2.57 bits per heavy atom. The summed E-state index contributed by atoms with van der Waals surface area (Å²) in [5, 5.41) is 20.9. The molecule has 1 atom stereocenters. The average Bonchev–Trinajstić information content (AvgIpc) is 3.49. The summed E-state index contributed by atoms with van der Waals surface area (Å²) in [5.74, 6) is 0.692. The largest absolute Gasteiger partial charge is 0.325 e. The number of anilines is 1. The minimum atomic E-state index is -0.345. The molecule has 0 spiro atoms. The quantitative estimate of drug-likeness (QED) is 0.645. The van der Waals surface area contributed by atoms with E-state index in [2.05, 4.69) is 31.1 Å². The van der Waals surface area contributed by atoms with Gasteiger partial charge in [-0.05, 0) is 56.2 Å². The smallest absolute Gasteiger partial charge is 0.237 e. The predicted molar refractivity (Wildman–Crippen MR) is 107 cm³/mol. The van der Waals surface area contributed by atoms with E-state index in [1.807, 2.05) is 19.1 Å². The maximum Gasteiger partial charge on any atom is 0.237 e. The molecule has 2 aromatic heterocycles. The number of nitrogens with one attached hydrogen (secondary N) is 1. The molecule has 0 unspecified atom stereocenters. The lowest BCUT2D eigenvalue weighted by Gasteiger charge is -2.13. The van der Waals surface area contributed by atoms with Crippen molar-refractivity contribution in [2.45, 2.75) is 36.2 Å². The Kier molecular flexibility index (Phi) is 5.08. The standard InChI is InChI=1S/C20H18N6OS/c1-13(19(27)23-16-4-2-14(12-21)3-5-16)28-20-25-24-18(26(20)17-6-7-17)15-8-10-22-11-9-15/h2-5,8-11,13,17H,6-7H2,1H3,(H,23,27)/t13-/m1/s1. The van der Waals surface area contributed by atoms with Crippen molar-refractivity contribution in [3.05, 3.63) is 54.4 Å². The number of nitrogens with zero attached hydrogens (tertiary/aromatic N) is 5. The summed E-state index contributed by atoms with van der Waals surface area (Å²) in [6.07, 6.45) is 5.66. The number of pyridine rings is 1. The number of carbonyl (C=O) groups excluding carboxylic acids is 1. The summed E-state index contributed by atoms with van der Waals surface area (Å²) in [6, 6.07) is 13.1. The highest BCUT2D eigenvalue weighted by Crippen LogP contribution is 2.41. The fourth-order valence-electron chi connectivity index (χ4n) is 2.80. The fourth-order valence-corrected chi connectivity index (χ4v) is 3.72. The number of hydrogen-bond acceptors (Lipinski definition) is 6. The van der Waals surface area contributed by atoms with Gasteiger partial charge in [-0.3, -0.25) is 14.3 Å². The van der Waals surface area contributed by atoms with E-state index in [4.69, 9.17) is 5.26 Å². The van der Waals surface area contributed by atoms with Crippen LogP contribution >= 0.6 is 11.8 Å². The zero-order valence-corrected chi connectivity index (χ0v) is 16.1. The van der Waals surface area contributed by atoms with Gasteiger partial charge in [0.15, 0.2) is 11.0 Å². The van der Waals surface area contributed by atoms with Gasteiger partial charge in [0, 0.05) is 29.7 Å². The highest BCUT2D eigenvalue weighted by atomic mass is 32.2. The molecule has 0 radical (unpaired) electrons. The van der Waals surface area contributed by atoms with Crippen molar-refractivity contribution in [3.63, 3.8) is 0 Å². The van der Waals surface area contributed by atoms with Crippen LogP contribution in [0.25, 0.3) is 11.4 Å². The van der Waals surface area contributed by atoms with Crippen LogP contribution in [-0.4, -0.2) is 30.9 Å². The van der Waals surface area contributed by atoms with Crippen LogP contribution in [0.2, 0.25) is 0 Å². The van der Waals surface area contributed by atoms with Crippen molar-refractivity contribution in [2.75, 3.05) is 5.32 Å². The van der Waals surface area contributed by atoms with Crippen LogP contribution in [0.3, 0.4) is 0 Å². The maximum absolute atomic E-state index is 12.6. The van der Waals surface area contributed by atoms with Gasteiger partial charge in [0.2, 0.25) is 5.91 Å². The lowest BCUT2D eigenvalue weighted by Crippen LogP contribution is -2.22. The van der Waals surface area contributed by atoms with Crippen molar-refractivity contribution >= 4 is 23.4 Å². The summed E-state index contributed by atoms with van der Waals surface area (Å²) in [6.45, 7) is 1.85. The monoisotopic (exact) mass is 390 g/mol. The maximum atomic E-state index is 12.6. The molecule has 1 aliphatic carbocycles. The molecule has 7 nitrogen and oxygen atoms in total. The van der Waals surface area contributed by atoms with Crippen LogP contribution in [0.15, 0.2) is 53.9 Å². The minimum Gasteiger partial charge on any atom is -0.325 e. The predicted octanol–water partition coefficient (Wildman–Crippen LogP) is 3.67. The lowest BCUT2D eigenvalue weighted by molar-refractivity contribution is -0.115. The molecule has 1 N–H and O–H groups in total. The summed E-state index contributed by atoms with van der Waals surface area (Å²) in [7, 11) is 0. The van der Waals surface area contributed by atoms with E-state index >= 15 is 0 Å². The molecular formula is C20H18N6OS. The number of amides is 1. The van der Waals surface area contributed by atoms with Gasteiger partial charge in [-0.25, -0.2) is 0 Å².